The van der Waals surface area contributed by atoms with Crippen LogP contribution in [0.1, 0.15) is 0 Å². The number of aromatic nitrogens is 1. The molecule has 2 heterocycles. The van der Waals surface area contributed by atoms with Crippen molar-refractivity contribution in [3.8, 4) is 5.75 Å². The third-order valence-electron chi connectivity index (χ3n) is 3.69. The van der Waals surface area contributed by atoms with Crippen LogP contribution in [-0.2, 0) is 4.79 Å². The molecule has 1 aromatic heterocycles. The maximum atomic E-state index is 11.9. The van der Waals surface area contributed by atoms with E-state index in [-0.39, 0.29) is 5.91 Å². The number of hydrogen-bond acceptors (Lipinski definition) is 4. The Morgan fingerprint density at radius 1 is 1.30 bits per heavy atom. The second-order valence-corrected chi connectivity index (χ2v) is 4.96. The summed E-state index contributed by atoms with van der Waals surface area (Å²) in [5.41, 5.74) is 1.87. The van der Waals surface area contributed by atoms with E-state index >= 15 is 0 Å². The molecule has 20 heavy (non-hydrogen) atoms. The van der Waals surface area contributed by atoms with Crippen molar-refractivity contribution in [1.82, 2.24) is 9.88 Å². The lowest BCUT2D eigenvalue weighted by Gasteiger charge is -2.34. The molecule has 5 heteroatoms. The van der Waals surface area contributed by atoms with E-state index in [1.54, 1.807) is 18.2 Å². The lowest BCUT2D eigenvalue weighted by Crippen LogP contribution is -2.48. The summed E-state index contributed by atoms with van der Waals surface area (Å²) in [6.45, 7) is 1.92. The second kappa shape index (κ2) is 5.00. The Hall–Kier alpha value is -2.30. The Balaban J connectivity index is 2.08. The number of rotatable bonds is 2. The minimum absolute atomic E-state index is 0.128. The first-order valence-electron chi connectivity index (χ1n) is 6.61. The highest BCUT2D eigenvalue weighted by molar-refractivity contribution is 5.94. The highest BCUT2D eigenvalue weighted by Crippen LogP contribution is 2.31. The van der Waals surface area contributed by atoms with E-state index in [2.05, 4.69) is 9.88 Å². The van der Waals surface area contributed by atoms with Gasteiger partial charge in [-0.1, -0.05) is 6.07 Å². The predicted octanol–water partition coefficient (Wildman–Crippen LogP) is 1.52. The van der Waals surface area contributed by atoms with Gasteiger partial charge in [0.15, 0.2) is 0 Å². The number of benzene rings is 1. The molecule has 1 aliphatic heterocycles. The van der Waals surface area contributed by atoms with Gasteiger partial charge in [0.25, 0.3) is 0 Å². The number of piperazine rings is 1. The largest absolute Gasteiger partial charge is 0.497 e. The summed E-state index contributed by atoms with van der Waals surface area (Å²) < 4.78 is 5.35. The monoisotopic (exact) mass is 271 g/mol. The number of carbonyl (C=O) groups excluding carboxylic acids is 1. The number of amides is 1. The van der Waals surface area contributed by atoms with E-state index in [1.807, 2.05) is 31.3 Å². The van der Waals surface area contributed by atoms with Crippen LogP contribution in [0.15, 0.2) is 30.5 Å². The van der Waals surface area contributed by atoms with Gasteiger partial charge in [0.2, 0.25) is 5.91 Å². The molecule has 0 spiro atoms. The van der Waals surface area contributed by atoms with Crippen molar-refractivity contribution in [3.05, 3.63) is 30.5 Å². The molecular formula is C15H17N3O2. The first-order valence-corrected chi connectivity index (χ1v) is 6.61. The molecule has 0 bridgehead atoms. The van der Waals surface area contributed by atoms with Crippen LogP contribution in [0.3, 0.4) is 0 Å². The molecule has 0 N–H and O–H groups in total. The molecule has 0 unspecified atom stereocenters. The molecular weight excluding hydrogens is 254 g/mol. The Morgan fingerprint density at radius 2 is 2.15 bits per heavy atom. The van der Waals surface area contributed by atoms with Gasteiger partial charge in [-0.2, -0.15) is 0 Å². The quantitative estimate of drug-likeness (QED) is 0.831. The van der Waals surface area contributed by atoms with Crippen LogP contribution in [0.5, 0.6) is 5.75 Å². The van der Waals surface area contributed by atoms with Gasteiger partial charge in [-0.25, -0.2) is 0 Å². The molecule has 0 saturated carbocycles. The van der Waals surface area contributed by atoms with Gasteiger partial charge in [0.05, 0.1) is 24.9 Å². The summed E-state index contributed by atoms with van der Waals surface area (Å²) >= 11 is 0. The number of hydrogen-bond donors (Lipinski definition) is 0. The van der Waals surface area contributed by atoms with E-state index in [1.165, 1.54) is 0 Å². The number of likely N-dealkylation sites (N-methyl/N-ethyl adjacent to an activating group) is 1. The third-order valence-corrected chi connectivity index (χ3v) is 3.69. The second-order valence-electron chi connectivity index (χ2n) is 4.96. The van der Waals surface area contributed by atoms with Crippen molar-refractivity contribution < 1.29 is 9.53 Å². The van der Waals surface area contributed by atoms with Gasteiger partial charge in [0.1, 0.15) is 5.75 Å². The van der Waals surface area contributed by atoms with Gasteiger partial charge in [-0.05, 0) is 12.1 Å². The number of ether oxygens (including phenoxy) is 1. The summed E-state index contributed by atoms with van der Waals surface area (Å²) in [7, 11) is 3.48. The molecule has 1 aliphatic rings. The molecule has 2 aromatic rings. The Bertz CT molecular complexity index is 657. The molecule has 5 nitrogen and oxygen atoms in total. The fourth-order valence-electron chi connectivity index (χ4n) is 2.47. The number of pyridine rings is 1. The van der Waals surface area contributed by atoms with Crippen molar-refractivity contribution in [1.29, 1.82) is 0 Å². The topological polar surface area (TPSA) is 45.7 Å². The van der Waals surface area contributed by atoms with Crippen LogP contribution < -0.4 is 9.64 Å². The zero-order valence-electron chi connectivity index (χ0n) is 11.7. The van der Waals surface area contributed by atoms with Crippen LogP contribution in [0.2, 0.25) is 0 Å². The van der Waals surface area contributed by atoms with Crippen LogP contribution in [0.25, 0.3) is 10.9 Å². The van der Waals surface area contributed by atoms with Crippen molar-refractivity contribution in [3.63, 3.8) is 0 Å². The fraction of sp³-hybridized carbons (Fsp3) is 0.333. The molecule has 0 atom stereocenters. The fourth-order valence-corrected chi connectivity index (χ4v) is 2.47. The average Bonchev–Trinajstić information content (AvgIpc) is 2.49. The summed E-state index contributed by atoms with van der Waals surface area (Å²) in [6.07, 6.45) is 1.77. The van der Waals surface area contributed by atoms with Crippen LogP contribution >= 0.6 is 0 Å². The van der Waals surface area contributed by atoms with Gasteiger partial charge >= 0.3 is 0 Å². The van der Waals surface area contributed by atoms with E-state index in [0.717, 1.165) is 35.4 Å². The average molecular weight is 271 g/mol. The van der Waals surface area contributed by atoms with Crippen molar-refractivity contribution >= 4 is 22.5 Å². The van der Waals surface area contributed by atoms with Crippen LogP contribution in [0, 0.1) is 0 Å². The molecule has 0 aliphatic carbocycles. The van der Waals surface area contributed by atoms with Gasteiger partial charge < -0.3 is 14.5 Å². The SMILES string of the molecule is COc1cc(N2CCN(C)C(=O)C2)c2ncccc2c1. The minimum atomic E-state index is 0.128. The van der Waals surface area contributed by atoms with E-state index in [9.17, 15) is 4.79 Å². The Kier molecular flexibility index (Phi) is 3.18. The van der Waals surface area contributed by atoms with E-state index in [4.69, 9.17) is 4.74 Å². The van der Waals surface area contributed by atoms with Gasteiger partial charge in [0, 0.05) is 37.8 Å². The lowest BCUT2D eigenvalue weighted by atomic mass is 10.1. The normalized spacial score (nSPS) is 15.8. The number of fused-ring (bicyclic) bond motifs is 1. The van der Waals surface area contributed by atoms with Gasteiger partial charge in [-0.15, -0.1) is 0 Å². The summed E-state index contributed by atoms with van der Waals surface area (Å²) in [4.78, 5) is 20.2. The Morgan fingerprint density at radius 3 is 2.90 bits per heavy atom. The van der Waals surface area contributed by atoms with E-state index in [0.29, 0.717) is 6.54 Å². The molecule has 1 aromatic carbocycles. The number of methoxy groups -OCH3 is 1. The smallest absolute Gasteiger partial charge is 0.241 e. The minimum Gasteiger partial charge on any atom is -0.497 e. The van der Waals surface area contributed by atoms with Crippen LogP contribution in [0.4, 0.5) is 5.69 Å². The van der Waals surface area contributed by atoms with Crippen molar-refractivity contribution in [2.75, 3.05) is 38.7 Å². The third kappa shape index (κ3) is 2.15. The molecule has 104 valence electrons. The zero-order valence-corrected chi connectivity index (χ0v) is 11.7. The number of anilines is 1. The van der Waals surface area contributed by atoms with Crippen molar-refractivity contribution in [2.45, 2.75) is 0 Å². The van der Waals surface area contributed by atoms with E-state index < -0.39 is 0 Å². The zero-order chi connectivity index (χ0) is 14.1. The van der Waals surface area contributed by atoms with Gasteiger partial charge in [-0.3, -0.25) is 9.78 Å². The Labute approximate surface area is 117 Å². The molecule has 1 amide bonds. The standard InChI is InChI=1S/C15H17N3O2/c1-17-6-7-18(10-14(17)19)13-9-12(20-2)8-11-4-3-5-16-15(11)13/h3-5,8-9H,6-7,10H2,1-2H3. The highest BCUT2D eigenvalue weighted by atomic mass is 16.5. The molecule has 3 rings (SSSR count). The lowest BCUT2D eigenvalue weighted by molar-refractivity contribution is -0.129. The molecule has 0 radical (unpaired) electrons. The highest BCUT2D eigenvalue weighted by Gasteiger charge is 2.23. The maximum absolute atomic E-state index is 11.9. The summed E-state index contributed by atoms with van der Waals surface area (Å²) in [6, 6.07) is 7.82. The predicted molar refractivity (Wildman–Crippen MR) is 78.1 cm³/mol. The van der Waals surface area contributed by atoms with Crippen LogP contribution in [-0.4, -0.2) is 49.6 Å². The summed E-state index contributed by atoms with van der Waals surface area (Å²) in [5, 5.41) is 1.02. The molecule has 1 fully saturated rings. The number of carbonyl (C=O) groups is 1. The maximum Gasteiger partial charge on any atom is 0.241 e. The number of nitrogens with zero attached hydrogens (tertiary/aromatic N) is 3. The summed E-state index contributed by atoms with van der Waals surface area (Å²) in [5.74, 6) is 0.912. The van der Waals surface area contributed by atoms with Crippen molar-refractivity contribution in [2.24, 2.45) is 0 Å². The first kappa shape index (κ1) is 12.7. The molecule has 1 saturated heterocycles. The first-order chi connectivity index (χ1) is 9.69.